The Bertz CT molecular complexity index is 977. The van der Waals surface area contributed by atoms with Crippen LogP contribution < -0.4 is 0 Å². The number of methoxy groups -OCH3 is 1. The molecule has 7 heteroatoms. The minimum Gasteiger partial charge on any atom is -0.385 e. The van der Waals surface area contributed by atoms with E-state index >= 15 is 0 Å². The summed E-state index contributed by atoms with van der Waals surface area (Å²) in [6, 6.07) is 13.9. The van der Waals surface area contributed by atoms with Crippen molar-refractivity contribution >= 4 is 5.91 Å². The number of nitrogens with zero attached hydrogens (tertiary/aromatic N) is 4. The Hall–Kier alpha value is -3.06. The van der Waals surface area contributed by atoms with Crippen molar-refractivity contribution in [2.24, 2.45) is 0 Å². The summed E-state index contributed by atoms with van der Waals surface area (Å²) in [6.45, 7) is 1.91. The van der Waals surface area contributed by atoms with Crippen molar-refractivity contribution in [3.63, 3.8) is 0 Å². The number of aryl methyl sites for hydroxylation is 1. The molecule has 0 radical (unpaired) electrons. The van der Waals surface area contributed by atoms with Gasteiger partial charge in [-0.05, 0) is 43.4 Å². The quantitative estimate of drug-likeness (QED) is 0.553. The van der Waals surface area contributed by atoms with E-state index in [1.807, 2.05) is 35.2 Å². The number of piperidine rings is 1. The smallest absolute Gasteiger partial charge is 0.259 e. The van der Waals surface area contributed by atoms with E-state index in [4.69, 9.17) is 14.2 Å². The van der Waals surface area contributed by atoms with Gasteiger partial charge in [0.1, 0.15) is 0 Å². The number of amides is 1. The summed E-state index contributed by atoms with van der Waals surface area (Å²) < 4.78 is 10.9. The molecule has 0 N–H and O–H groups in total. The van der Waals surface area contributed by atoms with Crippen molar-refractivity contribution in [1.82, 2.24) is 20.0 Å². The van der Waals surface area contributed by atoms with Crippen molar-refractivity contribution in [2.75, 3.05) is 26.8 Å². The first-order chi connectivity index (χ1) is 15.2. The number of carbonyl (C=O) groups is 1. The number of pyridine rings is 1. The number of hydrogen-bond acceptors (Lipinski definition) is 6. The first-order valence-corrected chi connectivity index (χ1v) is 10.8. The summed E-state index contributed by atoms with van der Waals surface area (Å²) >= 11 is 0. The molecule has 0 aliphatic carbocycles. The van der Waals surface area contributed by atoms with E-state index in [9.17, 15) is 4.79 Å². The van der Waals surface area contributed by atoms with Crippen molar-refractivity contribution in [3.8, 4) is 11.5 Å². The van der Waals surface area contributed by atoms with Crippen molar-refractivity contribution in [1.29, 1.82) is 0 Å². The Balaban J connectivity index is 1.51. The highest BCUT2D eigenvalue weighted by molar-refractivity contribution is 5.76. The molecular weight excluding hydrogens is 392 g/mol. The number of benzene rings is 1. The molecule has 1 fully saturated rings. The Morgan fingerprint density at radius 2 is 2.10 bits per heavy atom. The Morgan fingerprint density at radius 1 is 1.23 bits per heavy atom. The molecule has 1 atom stereocenters. The molecule has 1 aliphatic heterocycles. The third kappa shape index (κ3) is 4.99. The van der Waals surface area contributed by atoms with Crippen LogP contribution in [0.2, 0.25) is 0 Å². The molecular formula is C24H28N4O3. The van der Waals surface area contributed by atoms with Gasteiger partial charge in [-0.25, -0.2) is 0 Å². The molecule has 1 aliphatic rings. The van der Waals surface area contributed by atoms with E-state index in [0.29, 0.717) is 31.3 Å². The van der Waals surface area contributed by atoms with Crippen molar-refractivity contribution in [3.05, 3.63) is 66.2 Å². The minimum absolute atomic E-state index is 0.168. The topological polar surface area (TPSA) is 81.3 Å². The summed E-state index contributed by atoms with van der Waals surface area (Å²) in [4.78, 5) is 23.8. The maximum absolute atomic E-state index is 13.0. The number of carbonyl (C=O) groups excluding carboxylic acids is 1. The summed E-state index contributed by atoms with van der Waals surface area (Å²) in [5.41, 5.74) is 1.59. The first kappa shape index (κ1) is 21.2. The fraction of sp³-hybridized carbons (Fsp3) is 0.417. The Labute approximate surface area is 182 Å². The third-order valence-electron chi connectivity index (χ3n) is 5.99. The van der Waals surface area contributed by atoms with Gasteiger partial charge in [0.15, 0.2) is 5.82 Å². The van der Waals surface area contributed by atoms with E-state index in [1.54, 1.807) is 19.5 Å². The van der Waals surface area contributed by atoms with E-state index in [2.05, 4.69) is 22.3 Å². The molecule has 162 valence electrons. The lowest BCUT2D eigenvalue weighted by Crippen LogP contribution is -2.49. The van der Waals surface area contributed by atoms with Gasteiger partial charge in [0.05, 0.1) is 11.0 Å². The van der Waals surface area contributed by atoms with E-state index in [1.165, 1.54) is 5.56 Å². The Kier molecular flexibility index (Phi) is 6.72. The van der Waals surface area contributed by atoms with Crippen LogP contribution in [-0.2, 0) is 21.4 Å². The highest BCUT2D eigenvalue weighted by Crippen LogP contribution is 2.37. The van der Waals surface area contributed by atoms with Crippen LogP contribution in [0.3, 0.4) is 0 Å². The third-order valence-corrected chi connectivity index (χ3v) is 5.99. The zero-order chi connectivity index (χ0) is 21.5. The van der Waals surface area contributed by atoms with E-state index in [0.717, 1.165) is 37.8 Å². The molecule has 1 saturated heterocycles. The van der Waals surface area contributed by atoms with Gasteiger partial charge in [0.2, 0.25) is 5.91 Å². The SMILES string of the molecule is COCCC1(c2noc(-c3cccnc3)n2)CCCN(C(=O)CCc2ccccc2)C1. The summed E-state index contributed by atoms with van der Waals surface area (Å²) in [5.74, 6) is 1.26. The van der Waals surface area contributed by atoms with Crippen LogP contribution in [0, 0.1) is 0 Å². The number of aromatic nitrogens is 3. The molecule has 3 aromatic rings. The lowest BCUT2D eigenvalue weighted by Gasteiger charge is -2.41. The van der Waals surface area contributed by atoms with Gasteiger partial charge in [0, 0.05) is 45.6 Å². The van der Waals surface area contributed by atoms with Crippen LogP contribution in [0.25, 0.3) is 11.5 Å². The van der Waals surface area contributed by atoms with E-state index < -0.39 is 0 Å². The van der Waals surface area contributed by atoms with Gasteiger partial charge >= 0.3 is 0 Å². The lowest BCUT2D eigenvalue weighted by atomic mass is 9.76. The normalized spacial score (nSPS) is 18.8. The fourth-order valence-electron chi connectivity index (χ4n) is 4.24. The van der Waals surface area contributed by atoms with Gasteiger partial charge in [-0.1, -0.05) is 35.5 Å². The summed E-state index contributed by atoms with van der Waals surface area (Å²) in [5, 5.41) is 4.32. The molecule has 0 spiro atoms. The first-order valence-electron chi connectivity index (χ1n) is 10.8. The van der Waals surface area contributed by atoms with Crippen LogP contribution >= 0.6 is 0 Å². The second-order valence-corrected chi connectivity index (χ2v) is 8.09. The van der Waals surface area contributed by atoms with Gasteiger partial charge in [-0.15, -0.1) is 0 Å². The van der Waals surface area contributed by atoms with Crippen LogP contribution in [0.5, 0.6) is 0 Å². The van der Waals surface area contributed by atoms with Gasteiger partial charge in [0.25, 0.3) is 5.89 Å². The molecule has 0 saturated carbocycles. The van der Waals surface area contributed by atoms with Crippen LogP contribution in [-0.4, -0.2) is 52.7 Å². The van der Waals surface area contributed by atoms with Gasteiger partial charge in [-0.2, -0.15) is 4.98 Å². The number of rotatable bonds is 8. The van der Waals surface area contributed by atoms with E-state index in [-0.39, 0.29) is 11.3 Å². The maximum atomic E-state index is 13.0. The highest BCUT2D eigenvalue weighted by Gasteiger charge is 2.42. The molecule has 7 nitrogen and oxygen atoms in total. The maximum Gasteiger partial charge on any atom is 0.259 e. The summed E-state index contributed by atoms with van der Waals surface area (Å²) in [7, 11) is 1.69. The average Bonchev–Trinajstić information content (AvgIpc) is 3.34. The van der Waals surface area contributed by atoms with Crippen LogP contribution in [0.1, 0.15) is 37.1 Å². The average molecular weight is 421 g/mol. The molecule has 4 rings (SSSR count). The molecule has 3 heterocycles. The zero-order valence-electron chi connectivity index (χ0n) is 17.9. The number of likely N-dealkylation sites (tertiary alicyclic amines) is 1. The fourth-order valence-corrected chi connectivity index (χ4v) is 4.24. The van der Waals surface area contributed by atoms with Gasteiger partial charge < -0.3 is 14.2 Å². The monoisotopic (exact) mass is 420 g/mol. The molecule has 1 amide bonds. The standard InChI is InChI=1S/C24H28N4O3/c1-30-16-13-24(23-26-22(31-27-23)20-9-5-14-25-17-20)12-6-15-28(18-24)21(29)11-10-19-7-3-2-4-8-19/h2-5,7-9,14,17H,6,10-13,15-16,18H2,1H3. The van der Waals surface area contributed by atoms with Crippen molar-refractivity contribution in [2.45, 2.75) is 37.5 Å². The molecule has 31 heavy (non-hydrogen) atoms. The lowest BCUT2D eigenvalue weighted by molar-refractivity contribution is -0.133. The molecule has 0 bridgehead atoms. The zero-order valence-corrected chi connectivity index (χ0v) is 17.9. The predicted octanol–water partition coefficient (Wildman–Crippen LogP) is 3.66. The second-order valence-electron chi connectivity index (χ2n) is 8.09. The van der Waals surface area contributed by atoms with Crippen LogP contribution in [0.4, 0.5) is 0 Å². The Morgan fingerprint density at radius 3 is 2.87 bits per heavy atom. The molecule has 2 aromatic heterocycles. The van der Waals surface area contributed by atoms with Crippen LogP contribution in [0.15, 0.2) is 59.4 Å². The molecule has 1 unspecified atom stereocenters. The second kappa shape index (κ2) is 9.83. The summed E-state index contributed by atoms with van der Waals surface area (Å²) in [6.07, 6.45) is 7.19. The number of ether oxygens (including phenoxy) is 1. The van der Waals surface area contributed by atoms with Gasteiger partial charge in [-0.3, -0.25) is 9.78 Å². The number of hydrogen-bond donors (Lipinski definition) is 0. The highest BCUT2D eigenvalue weighted by atomic mass is 16.5. The molecule has 1 aromatic carbocycles. The minimum atomic E-state index is -0.374. The largest absolute Gasteiger partial charge is 0.385 e. The predicted molar refractivity (Wildman–Crippen MR) is 116 cm³/mol. The van der Waals surface area contributed by atoms with Crippen molar-refractivity contribution < 1.29 is 14.1 Å².